The van der Waals surface area contributed by atoms with Crippen molar-refractivity contribution in [2.75, 3.05) is 13.7 Å². The molecule has 1 atom stereocenters. The Balaban J connectivity index is 2.25. The lowest BCUT2D eigenvalue weighted by Gasteiger charge is -2.12. The van der Waals surface area contributed by atoms with Crippen LogP contribution in [0.2, 0.25) is 10.0 Å². The number of ether oxygens (including phenoxy) is 2. The molecule has 0 saturated carbocycles. The molecule has 24 heavy (non-hydrogen) atoms. The lowest BCUT2D eigenvalue weighted by atomic mass is 10.2. The fourth-order valence-corrected chi connectivity index (χ4v) is 3.80. The monoisotopic (exact) mass is 389 g/mol. The largest absolute Gasteiger partial charge is 0.495 e. The minimum absolute atomic E-state index is 0.206. The fourth-order valence-electron chi connectivity index (χ4n) is 2.03. The van der Waals surface area contributed by atoms with Gasteiger partial charge in [0.1, 0.15) is 15.6 Å². The van der Waals surface area contributed by atoms with Gasteiger partial charge in [-0.2, -0.15) is 0 Å². The number of thiophene rings is 1. The summed E-state index contributed by atoms with van der Waals surface area (Å²) in [7, 11) is 1.51. The molecule has 1 N–H and O–H groups in total. The van der Waals surface area contributed by atoms with Crippen LogP contribution in [-0.2, 0) is 9.53 Å². The number of benzene rings is 1. The summed E-state index contributed by atoms with van der Waals surface area (Å²) in [6, 6.07) is 3.41. The predicted molar refractivity (Wildman–Crippen MR) is 96.6 cm³/mol. The summed E-state index contributed by atoms with van der Waals surface area (Å²) in [5.74, 6) is -0.508. The van der Waals surface area contributed by atoms with Crippen molar-refractivity contribution >= 4 is 56.5 Å². The van der Waals surface area contributed by atoms with Crippen LogP contribution in [0.4, 0.5) is 0 Å². The topological polar surface area (TPSA) is 64.6 Å². The van der Waals surface area contributed by atoms with Gasteiger partial charge in [-0.25, -0.2) is 4.79 Å². The molecular formula is C16H17Cl2NO4S. The Bertz CT molecular complexity index is 775. The normalized spacial score (nSPS) is 12.0. The highest BCUT2D eigenvalue weighted by Crippen LogP contribution is 2.43. The van der Waals surface area contributed by atoms with E-state index in [1.807, 2.05) is 6.92 Å². The van der Waals surface area contributed by atoms with Crippen LogP contribution >= 0.6 is 34.5 Å². The summed E-state index contributed by atoms with van der Waals surface area (Å²) in [6.45, 7) is 3.98. The first-order valence-electron chi connectivity index (χ1n) is 7.33. The van der Waals surface area contributed by atoms with Crippen LogP contribution in [-0.4, -0.2) is 31.6 Å². The number of rotatable bonds is 6. The zero-order chi connectivity index (χ0) is 17.9. The van der Waals surface area contributed by atoms with E-state index in [1.165, 1.54) is 14.0 Å². The highest BCUT2D eigenvalue weighted by molar-refractivity contribution is 7.22. The van der Waals surface area contributed by atoms with E-state index in [1.54, 1.807) is 12.1 Å². The van der Waals surface area contributed by atoms with E-state index in [-0.39, 0.29) is 15.8 Å². The van der Waals surface area contributed by atoms with Gasteiger partial charge in [0.25, 0.3) is 5.91 Å². The van der Waals surface area contributed by atoms with E-state index in [0.29, 0.717) is 27.4 Å². The van der Waals surface area contributed by atoms with Crippen LogP contribution in [0.15, 0.2) is 12.1 Å². The van der Waals surface area contributed by atoms with E-state index in [2.05, 4.69) is 5.32 Å². The molecule has 0 unspecified atom stereocenters. The number of carbonyl (C=O) groups excluding carboxylic acids is 2. The van der Waals surface area contributed by atoms with E-state index in [4.69, 9.17) is 32.7 Å². The minimum Gasteiger partial charge on any atom is -0.495 e. The molecular weight excluding hydrogens is 373 g/mol. The maximum atomic E-state index is 12.3. The maximum absolute atomic E-state index is 12.3. The Kier molecular flexibility index (Phi) is 6.32. The van der Waals surface area contributed by atoms with Crippen LogP contribution in [0.1, 0.15) is 29.9 Å². The van der Waals surface area contributed by atoms with Gasteiger partial charge in [0, 0.05) is 11.9 Å². The highest BCUT2D eigenvalue weighted by atomic mass is 35.5. The molecule has 0 aliphatic heterocycles. The molecule has 0 saturated heterocycles. The van der Waals surface area contributed by atoms with E-state index in [0.717, 1.165) is 17.8 Å². The zero-order valence-electron chi connectivity index (χ0n) is 13.4. The van der Waals surface area contributed by atoms with Gasteiger partial charge in [-0.1, -0.05) is 30.1 Å². The van der Waals surface area contributed by atoms with Crippen LogP contribution < -0.4 is 10.1 Å². The van der Waals surface area contributed by atoms with Gasteiger partial charge in [0.2, 0.25) is 0 Å². The third-order valence-electron chi connectivity index (χ3n) is 3.31. The van der Waals surface area contributed by atoms with Crippen LogP contribution in [0.5, 0.6) is 5.75 Å². The van der Waals surface area contributed by atoms with Crippen molar-refractivity contribution < 1.29 is 19.1 Å². The summed E-state index contributed by atoms with van der Waals surface area (Å²) in [5.41, 5.74) is 0. The molecule has 0 radical (unpaired) electrons. The number of fused-ring (bicyclic) bond motifs is 1. The maximum Gasteiger partial charge on any atom is 0.350 e. The Morgan fingerprint density at radius 1 is 1.29 bits per heavy atom. The molecule has 1 aromatic heterocycles. The van der Waals surface area contributed by atoms with Gasteiger partial charge in [-0.3, -0.25) is 4.79 Å². The van der Waals surface area contributed by atoms with Crippen molar-refractivity contribution in [1.82, 2.24) is 5.32 Å². The molecule has 0 fully saturated rings. The summed E-state index contributed by atoms with van der Waals surface area (Å²) in [6.07, 6.45) is -0.107. The third kappa shape index (κ3) is 3.77. The van der Waals surface area contributed by atoms with Crippen LogP contribution in [0.25, 0.3) is 10.1 Å². The Hall–Kier alpha value is -1.50. The molecule has 1 amide bonds. The molecule has 1 heterocycles. The van der Waals surface area contributed by atoms with Gasteiger partial charge in [0.05, 0.1) is 16.8 Å². The quantitative estimate of drug-likeness (QED) is 0.748. The van der Waals surface area contributed by atoms with Gasteiger partial charge in [0.15, 0.2) is 6.10 Å². The SMILES string of the molecule is CCCNC(=O)[C@@H](C)OC(=O)c1sc2c(Cl)c(OC)ccc2c1Cl. The summed E-state index contributed by atoms with van der Waals surface area (Å²) in [4.78, 5) is 24.4. The number of hydrogen-bond acceptors (Lipinski definition) is 5. The van der Waals surface area contributed by atoms with Gasteiger partial charge in [-0.05, 0) is 25.5 Å². The van der Waals surface area contributed by atoms with E-state index >= 15 is 0 Å². The molecule has 2 rings (SSSR count). The average molecular weight is 390 g/mol. The first-order valence-corrected chi connectivity index (χ1v) is 8.91. The summed E-state index contributed by atoms with van der Waals surface area (Å²) in [5, 5.41) is 3.95. The molecule has 130 valence electrons. The van der Waals surface area contributed by atoms with Gasteiger partial charge >= 0.3 is 5.97 Å². The number of methoxy groups -OCH3 is 1. The van der Waals surface area contributed by atoms with Crippen molar-refractivity contribution in [1.29, 1.82) is 0 Å². The number of nitrogens with one attached hydrogen (secondary N) is 1. The number of amides is 1. The lowest BCUT2D eigenvalue weighted by Crippen LogP contribution is -2.36. The van der Waals surface area contributed by atoms with E-state index < -0.39 is 12.1 Å². The first-order chi connectivity index (χ1) is 11.4. The summed E-state index contributed by atoms with van der Waals surface area (Å²) < 4.78 is 11.0. The fraction of sp³-hybridized carbons (Fsp3) is 0.375. The number of carbonyl (C=O) groups is 2. The minimum atomic E-state index is -0.907. The first kappa shape index (κ1) is 18.8. The average Bonchev–Trinajstić information content (AvgIpc) is 2.91. The lowest BCUT2D eigenvalue weighted by molar-refractivity contribution is -0.129. The molecule has 0 spiro atoms. The highest BCUT2D eigenvalue weighted by Gasteiger charge is 2.24. The molecule has 5 nitrogen and oxygen atoms in total. The molecule has 0 aliphatic rings. The predicted octanol–water partition coefficient (Wildman–Crippen LogP) is 4.29. The van der Waals surface area contributed by atoms with E-state index in [9.17, 15) is 9.59 Å². The second kappa shape index (κ2) is 8.05. The molecule has 1 aromatic carbocycles. The Labute approximate surface area is 153 Å². The van der Waals surface area contributed by atoms with Crippen molar-refractivity contribution in [3.05, 3.63) is 27.1 Å². The Morgan fingerprint density at radius 2 is 2.00 bits per heavy atom. The standard InChI is InChI=1S/C16H17Cl2NO4S/c1-4-7-19-15(20)8(2)23-16(21)14-11(17)9-5-6-10(22-3)12(18)13(9)24-14/h5-6,8H,4,7H2,1-3H3,(H,19,20)/t8-/m1/s1. The smallest absolute Gasteiger partial charge is 0.350 e. The number of hydrogen-bond donors (Lipinski definition) is 1. The second-order valence-electron chi connectivity index (χ2n) is 5.04. The molecule has 0 bridgehead atoms. The zero-order valence-corrected chi connectivity index (χ0v) is 15.8. The molecule has 2 aromatic rings. The van der Waals surface area contributed by atoms with Gasteiger partial charge in [-0.15, -0.1) is 11.3 Å². The Morgan fingerprint density at radius 3 is 2.62 bits per heavy atom. The summed E-state index contributed by atoms with van der Waals surface area (Å²) >= 11 is 13.6. The molecule has 8 heteroatoms. The molecule has 0 aliphatic carbocycles. The van der Waals surface area contributed by atoms with Crippen molar-refractivity contribution in [3.63, 3.8) is 0 Å². The van der Waals surface area contributed by atoms with Crippen molar-refractivity contribution in [2.45, 2.75) is 26.4 Å². The third-order valence-corrected chi connectivity index (χ3v) is 5.50. The van der Waals surface area contributed by atoms with Gasteiger partial charge < -0.3 is 14.8 Å². The van der Waals surface area contributed by atoms with Crippen molar-refractivity contribution in [2.24, 2.45) is 0 Å². The van der Waals surface area contributed by atoms with Crippen molar-refractivity contribution in [3.8, 4) is 5.75 Å². The second-order valence-corrected chi connectivity index (χ2v) is 6.82. The number of halogens is 2. The van der Waals surface area contributed by atoms with Crippen LogP contribution in [0.3, 0.4) is 0 Å². The number of esters is 1. The van der Waals surface area contributed by atoms with Crippen LogP contribution in [0, 0.1) is 0 Å².